The van der Waals surface area contributed by atoms with Gasteiger partial charge in [-0.1, -0.05) is 74.1 Å². The van der Waals surface area contributed by atoms with Gasteiger partial charge in [-0.05, 0) is 109 Å². The molecule has 10 atom stereocenters. The van der Waals surface area contributed by atoms with Crippen LogP contribution in [0.3, 0.4) is 0 Å². The highest BCUT2D eigenvalue weighted by Crippen LogP contribution is 2.68. The van der Waals surface area contributed by atoms with Crippen molar-refractivity contribution in [1.82, 2.24) is 0 Å². The topological polar surface area (TPSA) is 0 Å². The average Bonchev–Trinajstić information content (AvgIpc) is 3.03. The first kappa shape index (κ1) is 22.2. The van der Waals surface area contributed by atoms with Gasteiger partial charge in [-0.15, -0.1) is 0 Å². The second-order valence-electron chi connectivity index (χ2n) is 13.4. The molecule has 4 rings (SSSR count). The van der Waals surface area contributed by atoms with Crippen molar-refractivity contribution in [3.8, 4) is 0 Å². The highest BCUT2D eigenvalue weighted by molar-refractivity contribution is 5.09. The number of hydrogen-bond donors (Lipinski definition) is 0. The lowest BCUT2D eigenvalue weighted by molar-refractivity contribution is -0.127. The predicted molar refractivity (Wildman–Crippen MR) is 127 cm³/mol. The minimum absolute atomic E-state index is 0.658. The minimum Gasteiger partial charge on any atom is -0.0625 e. The fourth-order valence-electron chi connectivity index (χ4n) is 9.83. The summed E-state index contributed by atoms with van der Waals surface area (Å²) in [5.41, 5.74) is 1.34. The fraction of sp³-hybridized carbons (Fsp3) is 1.00. The zero-order valence-electron chi connectivity index (χ0n) is 21.0. The van der Waals surface area contributed by atoms with Crippen LogP contribution in [0, 0.1) is 64.1 Å². The van der Waals surface area contributed by atoms with Gasteiger partial charge in [0.15, 0.2) is 0 Å². The zero-order valence-corrected chi connectivity index (χ0v) is 21.0. The first-order valence-corrected chi connectivity index (χ1v) is 13.7. The molecule has 168 valence electrons. The quantitative estimate of drug-likeness (QED) is 0.432. The largest absolute Gasteiger partial charge is 0.0625 e. The van der Waals surface area contributed by atoms with Crippen molar-refractivity contribution in [3.63, 3.8) is 0 Å². The van der Waals surface area contributed by atoms with E-state index in [1.807, 2.05) is 0 Å². The summed E-state index contributed by atoms with van der Waals surface area (Å²) in [5, 5.41) is 0. The Kier molecular flexibility index (Phi) is 6.25. The van der Waals surface area contributed by atoms with Gasteiger partial charge in [0.2, 0.25) is 0 Å². The second-order valence-corrected chi connectivity index (χ2v) is 13.4. The van der Waals surface area contributed by atoms with Gasteiger partial charge >= 0.3 is 0 Å². The Morgan fingerprint density at radius 2 is 1.41 bits per heavy atom. The van der Waals surface area contributed by atoms with E-state index in [-0.39, 0.29) is 0 Å². The molecule has 0 aromatic heterocycles. The molecule has 0 aromatic carbocycles. The summed E-state index contributed by atoms with van der Waals surface area (Å²) in [4.78, 5) is 0. The predicted octanol–water partition coefficient (Wildman–Crippen LogP) is 8.99. The van der Waals surface area contributed by atoms with E-state index in [2.05, 4.69) is 48.5 Å². The van der Waals surface area contributed by atoms with Gasteiger partial charge in [-0.2, -0.15) is 0 Å². The molecule has 0 nitrogen and oxygen atoms in total. The van der Waals surface area contributed by atoms with E-state index >= 15 is 0 Å². The van der Waals surface area contributed by atoms with Gasteiger partial charge in [0, 0.05) is 0 Å². The SMILES string of the molecule is CC(C)[C@H](C)CC[C@@H](C)[C@H]1CC[C@@H]2[C@H]3CC[C@@H]4[C@@H](C)CCC[C@]4(C)[C@@H]3CC[C@@]21C. The van der Waals surface area contributed by atoms with Crippen LogP contribution in [0.25, 0.3) is 0 Å². The van der Waals surface area contributed by atoms with Crippen LogP contribution in [0.1, 0.15) is 119 Å². The molecule has 4 aliphatic rings. The van der Waals surface area contributed by atoms with Crippen LogP contribution < -0.4 is 0 Å². The minimum atomic E-state index is 0.658. The van der Waals surface area contributed by atoms with Crippen LogP contribution in [0.2, 0.25) is 0 Å². The summed E-state index contributed by atoms with van der Waals surface area (Å²) in [6.07, 6.45) is 16.8. The Balaban J connectivity index is 1.47. The maximum absolute atomic E-state index is 2.76. The molecular formula is C29H52. The van der Waals surface area contributed by atoms with E-state index in [9.17, 15) is 0 Å². The molecule has 0 aromatic rings. The summed E-state index contributed by atoms with van der Waals surface area (Å²) >= 11 is 0. The van der Waals surface area contributed by atoms with E-state index in [0.717, 1.165) is 53.3 Å². The Labute approximate surface area is 183 Å². The maximum Gasteiger partial charge on any atom is -0.0264 e. The Bertz CT molecular complexity index is 562. The molecule has 0 N–H and O–H groups in total. The summed E-state index contributed by atoms with van der Waals surface area (Å²) in [6.45, 7) is 18.0. The Hall–Kier alpha value is 0. The Morgan fingerprint density at radius 1 is 0.724 bits per heavy atom. The molecule has 0 aliphatic heterocycles. The first-order valence-electron chi connectivity index (χ1n) is 13.7. The van der Waals surface area contributed by atoms with Gasteiger partial charge < -0.3 is 0 Å². The molecule has 29 heavy (non-hydrogen) atoms. The number of fused-ring (bicyclic) bond motifs is 5. The summed E-state index contributed by atoms with van der Waals surface area (Å²) in [6, 6.07) is 0. The fourth-order valence-corrected chi connectivity index (χ4v) is 9.83. The van der Waals surface area contributed by atoms with Crippen LogP contribution in [0.15, 0.2) is 0 Å². The average molecular weight is 401 g/mol. The highest BCUT2D eigenvalue weighted by atomic mass is 14.7. The monoisotopic (exact) mass is 400 g/mol. The van der Waals surface area contributed by atoms with Gasteiger partial charge in [-0.3, -0.25) is 0 Å². The van der Waals surface area contributed by atoms with Crippen LogP contribution in [0.4, 0.5) is 0 Å². The lowest BCUT2D eigenvalue weighted by Crippen LogP contribution is -2.54. The van der Waals surface area contributed by atoms with Crippen molar-refractivity contribution < 1.29 is 0 Å². The van der Waals surface area contributed by atoms with Crippen LogP contribution >= 0.6 is 0 Å². The van der Waals surface area contributed by atoms with Crippen molar-refractivity contribution in [2.45, 2.75) is 119 Å². The summed E-state index contributed by atoms with van der Waals surface area (Å²) in [7, 11) is 0. The standard InChI is InChI=1S/C29H52/c1-19(2)20(3)10-11-22(5)25-14-15-26-23-12-13-24-21(4)9-8-17-28(24,6)27(23)16-18-29(25,26)7/h19-27H,8-18H2,1-7H3/t20-,21+,22-,23-,24-,25-,26-,27-,28+,29-/m1/s1. The zero-order chi connectivity index (χ0) is 21.0. The first-order chi connectivity index (χ1) is 13.7. The van der Waals surface area contributed by atoms with Crippen molar-refractivity contribution >= 4 is 0 Å². The second kappa shape index (κ2) is 8.16. The maximum atomic E-state index is 2.76. The molecular weight excluding hydrogens is 348 g/mol. The summed E-state index contributed by atoms with van der Waals surface area (Å²) < 4.78 is 0. The smallest absolute Gasteiger partial charge is 0.0264 e. The molecule has 4 fully saturated rings. The molecule has 0 amide bonds. The molecule has 0 heteroatoms. The third kappa shape index (κ3) is 3.65. The van der Waals surface area contributed by atoms with Gasteiger partial charge in [-0.25, -0.2) is 0 Å². The van der Waals surface area contributed by atoms with E-state index < -0.39 is 0 Å². The molecule has 4 aliphatic carbocycles. The number of hydrogen-bond acceptors (Lipinski definition) is 0. The molecule has 0 heterocycles. The lowest BCUT2D eigenvalue weighted by Gasteiger charge is -2.62. The van der Waals surface area contributed by atoms with Crippen LogP contribution in [-0.4, -0.2) is 0 Å². The van der Waals surface area contributed by atoms with E-state index in [1.165, 1.54) is 32.1 Å². The molecule has 0 spiro atoms. The highest BCUT2D eigenvalue weighted by Gasteiger charge is 2.60. The van der Waals surface area contributed by atoms with Gasteiger partial charge in [0.05, 0.1) is 0 Å². The van der Waals surface area contributed by atoms with E-state index in [0.29, 0.717) is 10.8 Å². The van der Waals surface area contributed by atoms with E-state index in [1.54, 1.807) is 38.5 Å². The Morgan fingerprint density at radius 3 is 2.14 bits per heavy atom. The summed E-state index contributed by atoms with van der Waals surface area (Å²) in [5.74, 6) is 8.86. The van der Waals surface area contributed by atoms with E-state index in [4.69, 9.17) is 0 Å². The van der Waals surface area contributed by atoms with Crippen LogP contribution in [0.5, 0.6) is 0 Å². The third-order valence-electron chi connectivity index (χ3n) is 12.0. The van der Waals surface area contributed by atoms with Crippen molar-refractivity contribution in [3.05, 3.63) is 0 Å². The normalized spacial score (nSPS) is 49.2. The molecule has 0 bridgehead atoms. The van der Waals surface area contributed by atoms with Gasteiger partial charge in [0.1, 0.15) is 0 Å². The van der Waals surface area contributed by atoms with Crippen molar-refractivity contribution in [1.29, 1.82) is 0 Å². The number of rotatable bonds is 5. The van der Waals surface area contributed by atoms with Crippen LogP contribution in [-0.2, 0) is 0 Å². The molecule has 0 saturated heterocycles. The van der Waals surface area contributed by atoms with Gasteiger partial charge in [0.25, 0.3) is 0 Å². The van der Waals surface area contributed by atoms with Crippen molar-refractivity contribution in [2.75, 3.05) is 0 Å². The molecule has 0 radical (unpaired) electrons. The third-order valence-corrected chi connectivity index (χ3v) is 12.0. The van der Waals surface area contributed by atoms with Crippen molar-refractivity contribution in [2.24, 2.45) is 64.1 Å². The lowest BCUT2D eigenvalue weighted by atomic mass is 9.43. The molecule has 0 unspecified atom stereocenters. The molecule has 4 saturated carbocycles.